The summed E-state index contributed by atoms with van der Waals surface area (Å²) in [5.41, 5.74) is -0.742. The van der Waals surface area contributed by atoms with Gasteiger partial charge in [0.15, 0.2) is 0 Å². The first-order chi connectivity index (χ1) is 9.29. The minimum absolute atomic E-state index is 0.0453. The van der Waals surface area contributed by atoms with Crippen molar-refractivity contribution in [2.45, 2.75) is 25.9 Å². The summed E-state index contributed by atoms with van der Waals surface area (Å²) in [6.07, 6.45) is -1.93. The average Bonchev–Trinajstić information content (AvgIpc) is 2.38. The van der Waals surface area contributed by atoms with Crippen molar-refractivity contribution in [3.05, 3.63) is 22.3 Å². The number of nitrogens with zero attached hydrogens (tertiary/aromatic N) is 2. The van der Waals surface area contributed by atoms with Crippen molar-refractivity contribution < 1.29 is 18.0 Å². The van der Waals surface area contributed by atoms with Crippen LogP contribution in [0.25, 0.3) is 0 Å². The lowest BCUT2D eigenvalue weighted by Gasteiger charge is -2.33. The van der Waals surface area contributed by atoms with Gasteiger partial charge in [0, 0.05) is 29.7 Å². The number of pyridine rings is 1. The normalized spacial score (nSPS) is 17.4. The average molecular weight is 351 g/mol. The van der Waals surface area contributed by atoms with Gasteiger partial charge in [0.1, 0.15) is 11.6 Å². The van der Waals surface area contributed by atoms with Crippen LogP contribution >= 0.6 is 15.9 Å². The van der Waals surface area contributed by atoms with Crippen LogP contribution in [0.2, 0.25) is 0 Å². The number of anilines is 1. The van der Waals surface area contributed by atoms with E-state index < -0.39 is 11.7 Å². The maximum absolute atomic E-state index is 13.0. The third kappa shape index (κ3) is 3.31. The molecule has 0 aliphatic carbocycles. The molecule has 0 saturated carbocycles. The van der Waals surface area contributed by atoms with Gasteiger partial charge >= 0.3 is 6.18 Å². The molecular weight excluding hydrogens is 337 g/mol. The molecule has 0 atom stereocenters. The first kappa shape index (κ1) is 15.3. The van der Waals surface area contributed by atoms with Crippen molar-refractivity contribution in [3.8, 4) is 0 Å². The number of aromatic nitrogens is 1. The Balaban J connectivity index is 2.24. The Labute approximate surface area is 123 Å². The number of piperidine rings is 1. The zero-order chi connectivity index (χ0) is 14.9. The first-order valence-electron chi connectivity index (χ1n) is 6.27. The Morgan fingerprint density at radius 1 is 1.40 bits per heavy atom. The predicted octanol–water partition coefficient (Wildman–Crippen LogP) is 3.67. The van der Waals surface area contributed by atoms with Crippen LogP contribution in [-0.2, 0) is 11.0 Å². The van der Waals surface area contributed by atoms with Gasteiger partial charge in [-0.25, -0.2) is 4.98 Å². The highest BCUT2D eigenvalue weighted by atomic mass is 79.9. The van der Waals surface area contributed by atoms with Crippen molar-refractivity contribution in [1.29, 1.82) is 0 Å². The lowest BCUT2D eigenvalue weighted by Crippen LogP contribution is -2.37. The summed E-state index contributed by atoms with van der Waals surface area (Å²) in [7, 11) is 0. The standard InChI is InChI=1S/C13H14BrF3N2O/c1-8(20)9-2-4-19(5-3-9)12-11(13(15,16)17)6-10(14)7-18-12/h6-7,9H,2-5H2,1H3. The summed E-state index contributed by atoms with van der Waals surface area (Å²) in [5, 5.41) is 0. The second-order valence-electron chi connectivity index (χ2n) is 4.89. The molecule has 0 bridgehead atoms. The Morgan fingerprint density at radius 2 is 2.00 bits per heavy atom. The molecule has 1 aliphatic rings. The fourth-order valence-electron chi connectivity index (χ4n) is 2.39. The van der Waals surface area contributed by atoms with Crippen molar-refractivity contribution in [1.82, 2.24) is 4.98 Å². The van der Waals surface area contributed by atoms with Gasteiger partial charge in [0.2, 0.25) is 0 Å². The zero-order valence-electron chi connectivity index (χ0n) is 10.9. The summed E-state index contributed by atoms with van der Waals surface area (Å²) >= 11 is 3.02. The largest absolute Gasteiger partial charge is 0.419 e. The molecule has 1 saturated heterocycles. The van der Waals surface area contributed by atoms with Crippen molar-refractivity contribution in [3.63, 3.8) is 0 Å². The summed E-state index contributed by atoms with van der Waals surface area (Å²) in [6.45, 7) is 2.36. The van der Waals surface area contributed by atoms with Crippen LogP contribution in [0.5, 0.6) is 0 Å². The summed E-state index contributed by atoms with van der Waals surface area (Å²) in [4.78, 5) is 16.8. The molecule has 0 amide bonds. The maximum atomic E-state index is 13.0. The van der Waals surface area contributed by atoms with Gasteiger partial charge < -0.3 is 4.90 Å². The van der Waals surface area contributed by atoms with Crippen LogP contribution in [0.3, 0.4) is 0 Å². The van der Waals surface area contributed by atoms with Crippen LogP contribution in [-0.4, -0.2) is 23.9 Å². The Kier molecular flexibility index (Phi) is 4.36. The lowest BCUT2D eigenvalue weighted by molar-refractivity contribution is -0.137. The van der Waals surface area contributed by atoms with Crippen molar-refractivity contribution in [2.75, 3.05) is 18.0 Å². The highest BCUT2D eigenvalue weighted by molar-refractivity contribution is 9.10. The molecular formula is C13H14BrF3N2O. The third-order valence-corrected chi connectivity index (χ3v) is 3.94. The molecule has 2 rings (SSSR count). The molecule has 7 heteroatoms. The van der Waals surface area contributed by atoms with E-state index in [-0.39, 0.29) is 17.5 Å². The van der Waals surface area contributed by atoms with Crippen molar-refractivity contribution in [2.24, 2.45) is 5.92 Å². The molecule has 0 unspecified atom stereocenters. The molecule has 0 radical (unpaired) electrons. The van der Waals surface area contributed by atoms with Gasteiger partial charge in [-0.1, -0.05) is 0 Å². The fourth-order valence-corrected chi connectivity index (χ4v) is 2.72. The molecule has 1 aromatic heterocycles. The van der Waals surface area contributed by atoms with Gasteiger partial charge in [-0.05, 0) is 41.8 Å². The van der Waals surface area contributed by atoms with E-state index in [0.717, 1.165) is 6.07 Å². The SMILES string of the molecule is CC(=O)C1CCN(c2ncc(Br)cc2C(F)(F)F)CC1. The molecule has 1 aromatic rings. The summed E-state index contributed by atoms with van der Waals surface area (Å²) in [5.74, 6) is 0.00296. The van der Waals surface area contributed by atoms with Crippen LogP contribution in [0.4, 0.5) is 19.0 Å². The van der Waals surface area contributed by atoms with E-state index in [2.05, 4.69) is 20.9 Å². The van der Waals surface area contributed by atoms with Crippen LogP contribution in [0, 0.1) is 5.92 Å². The summed E-state index contributed by atoms with van der Waals surface area (Å²) in [6, 6.07) is 1.04. The van der Waals surface area contributed by atoms with E-state index in [1.54, 1.807) is 4.90 Å². The number of halogens is 4. The topological polar surface area (TPSA) is 33.2 Å². The highest BCUT2D eigenvalue weighted by Crippen LogP contribution is 2.38. The number of rotatable bonds is 2. The minimum atomic E-state index is -4.44. The number of alkyl halides is 3. The van der Waals surface area contributed by atoms with E-state index in [1.165, 1.54) is 13.1 Å². The van der Waals surface area contributed by atoms with Gasteiger partial charge in [0.05, 0.1) is 5.56 Å². The second-order valence-corrected chi connectivity index (χ2v) is 5.81. The number of Topliss-reactive ketones (excluding diaryl/α,β-unsaturated/α-hetero) is 1. The Bertz CT molecular complexity index is 511. The quantitative estimate of drug-likeness (QED) is 0.815. The zero-order valence-corrected chi connectivity index (χ0v) is 12.5. The van der Waals surface area contributed by atoms with Crippen molar-refractivity contribution >= 4 is 27.5 Å². The number of carbonyl (C=O) groups is 1. The molecule has 1 fully saturated rings. The molecule has 20 heavy (non-hydrogen) atoms. The van der Waals surface area contributed by atoms with E-state index in [4.69, 9.17) is 0 Å². The molecule has 0 N–H and O–H groups in total. The number of hydrogen-bond donors (Lipinski definition) is 0. The molecule has 0 aromatic carbocycles. The van der Waals surface area contributed by atoms with E-state index in [1.807, 2.05) is 0 Å². The Hall–Kier alpha value is -1.11. The van der Waals surface area contributed by atoms with E-state index in [0.29, 0.717) is 30.4 Å². The Morgan fingerprint density at radius 3 is 2.50 bits per heavy atom. The van der Waals surface area contributed by atoms with Gasteiger partial charge in [-0.3, -0.25) is 4.79 Å². The van der Waals surface area contributed by atoms with Crippen LogP contribution < -0.4 is 4.90 Å². The minimum Gasteiger partial charge on any atom is -0.356 e. The third-order valence-electron chi connectivity index (χ3n) is 3.51. The van der Waals surface area contributed by atoms with Gasteiger partial charge in [0.25, 0.3) is 0 Å². The van der Waals surface area contributed by atoms with Gasteiger partial charge in [-0.2, -0.15) is 13.2 Å². The molecule has 110 valence electrons. The predicted molar refractivity (Wildman–Crippen MR) is 72.6 cm³/mol. The van der Waals surface area contributed by atoms with Crippen LogP contribution in [0.15, 0.2) is 16.7 Å². The molecule has 1 aliphatic heterocycles. The first-order valence-corrected chi connectivity index (χ1v) is 7.06. The van der Waals surface area contributed by atoms with Crippen LogP contribution in [0.1, 0.15) is 25.3 Å². The van der Waals surface area contributed by atoms with Gasteiger partial charge in [-0.15, -0.1) is 0 Å². The fraction of sp³-hybridized carbons (Fsp3) is 0.538. The van der Waals surface area contributed by atoms with E-state index in [9.17, 15) is 18.0 Å². The maximum Gasteiger partial charge on any atom is 0.419 e. The van der Waals surface area contributed by atoms with E-state index >= 15 is 0 Å². The molecule has 3 nitrogen and oxygen atoms in total. The highest BCUT2D eigenvalue weighted by Gasteiger charge is 2.37. The molecule has 2 heterocycles. The smallest absolute Gasteiger partial charge is 0.356 e. The summed E-state index contributed by atoms with van der Waals surface area (Å²) < 4.78 is 39.4. The number of hydrogen-bond acceptors (Lipinski definition) is 3. The number of ketones is 1. The number of carbonyl (C=O) groups excluding carboxylic acids is 1. The second kappa shape index (κ2) is 5.71. The molecule has 0 spiro atoms. The monoisotopic (exact) mass is 350 g/mol. The lowest BCUT2D eigenvalue weighted by atomic mass is 9.93.